The second-order valence-electron chi connectivity index (χ2n) is 7.11. The third-order valence-electron chi connectivity index (χ3n) is 5.47. The van der Waals surface area contributed by atoms with E-state index in [1.807, 2.05) is 11.6 Å². The van der Waals surface area contributed by atoms with Gasteiger partial charge in [-0.25, -0.2) is 9.78 Å². The molecule has 7 heteroatoms. The molecular formula is C22H22N4O3. The van der Waals surface area contributed by atoms with Crippen molar-refractivity contribution in [2.24, 2.45) is 7.05 Å². The molecule has 5 rings (SSSR count). The van der Waals surface area contributed by atoms with Crippen LogP contribution in [0.25, 0.3) is 33.5 Å². The van der Waals surface area contributed by atoms with E-state index in [1.165, 1.54) is 10.9 Å². The van der Waals surface area contributed by atoms with Gasteiger partial charge in [0.15, 0.2) is 5.82 Å². The van der Waals surface area contributed by atoms with Crippen molar-refractivity contribution >= 4 is 33.6 Å². The topological polar surface area (TPSA) is 70.3 Å². The van der Waals surface area contributed by atoms with Crippen LogP contribution in [0, 0.1) is 0 Å². The summed E-state index contributed by atoms with van der Waals surface area (Å²) in [4.78, 5) is 17.1. The monoisotopic (exact) mass is 390 g/mol. The summed E-state index contributed by atoms with van der Waals surface area (Å²) in [7, 11) is 3.58. The lowest BCUT2D eigenvalue weighted by molar-refractivity contribution is 0.0526. The van der Waals surface area contributed by atoms with Crippen LogP contribution in [0.2, 0.25) is 0 Å². The zero-order chi connectivity index (χ0) is 20.1. The molecule has 2 aromatic heterocycles. The summed E-state index contributed by atoms with van der Waals surface area (Å²) >= 11 is 0. The Hall–Kier alpha value is -3.48. The molecule has 148 valence electrons. The summed E-state index contributed by atoms with van der Waals surface area (Å²) in [6.07, 6.45) is 0. The van der Waals surface area contributed by atoms with Crippen molar-refractivity contribution in [3.8, 4) is 17.3 Å². The van der Waals surface area contributed by atoms with Gasteiger partial charge in [-0.15, -0.1) is 0 Å². The maximum atomic E-state index is 12.3. The largest absolute Gasteiger partial charge is 0.494 e. The molecule has 1 aliphatic heterocycles. The number of aryl methyl sites for hydroxylation is 1. The van der Waals surface area contributed by atoms with E-state index in [-0.39, 0.29) is 5.97 Å². The molecule has 0 bridgehead atoms. The molecule has 1 aliphatic rings. The van der Waals surface area contributed by atoms with Crippen molar-refractivity contribution in [3.05, 3.63) is 42.0 Å². The second-order valence-corrected chi connectivity index (χ2v) is 7.11. The Bertz CT molecular complexity index is 1270. The van der Waals surface area contributed by atoms with E-state index in [2.05, 4.69) is 34.1 Å². The smallest absolute Gasteiger partial charge is 0.338 e. The minimum absolute atomic E-state index is 0.323. The van der Waals surface area contributed by atoms with Gasteiger partial charge in [-0.3, -0.25) is 0 Å². The molecule has 0 spiro atoms. The standard InChI is InChI=1S/C22H22N4O3/c1-4-29-22(27)14-10-16-20(18(12-14)28-3)25(2)21(24-16)17-11-13-6-5-7-15-19(13)26(17)9-8-23-15/h5-7,10-12,23H,4,8-9H2,1-3H3. The molecule has 0 amide bonds. The van der Waals surface area contributed by atoms with Crippen LogP contribution in [0.4, 0.5) is 5.69 Å². The number of benzene rings is 2. The van der Waals surface area contributed by atoms with Gasteiger partial charge in [0.2, 0.25) is 0 Å². The number of imidazole rings is 1. The number of para-hydroxylation sites is 1. The van der Waals surface area contributed by atoms with Gasteiger partial charge in [-0.05, 0) is 31.2 Å². The normalized spacial score (nSPS) is 12.9. The molecule has 4 aromatic rings. The highest BCUT2D eigenvalue weighted by molar-refractivity contribution is 5.99. The number of fused-ring (bicyclic) bond motifs is 1. The third-order valence-corrected chi connectivity index (χ3v) is 5.47. The molecule has 0 aliphatic carbocycles. The van der Waals surface area contributed by atoms with E-state index in [9.17, 15) is 4.79 Å². The highest BCUT2D eigenvalue weighted by atomic mass is 16.5. The lowest BCUT2D eigenvalue weighted by atomic mass is 10.2. The number of carbonyl (C=O) groups is 1. The Morgan fingerprint density at radius 1 is 1.24 bits per heavy atom. The zero-order valence-electron chi connectivity index (χ0n) is 16.7. The predicted octanol–water partition coefficient (Wildman–Crippen LogP) is 3.81. The molecule has 0 saturated heterocycles. The van der Waals surface area contributed by atoms with Crippen LogP contribution in [-0.4, -0.2) is 40.3 Å². The van der Waals surface area contributed by atoms with Crippen molar-refractivity contribution < 1.29 is 14.3 Å². The van der Waals surface area contributed by atoms with Crippen molar-refractivity contribution in [1.82, 2.24) is 14.1 Å². The Balaban J connectivity index is 1.75. The van der Waals surface area contributed by atoms with Crippen LogP contribution in [0.1, 0.15) is 17.3 Å². The highest BCUT2D eigenvalue weighted by Gasteiger charge is 2.23. The number of nitrogens with zero attached hydrogens (tertiary/aromatic N) is 3. The summed E-state index contributed by atoms with van der Waals surface area (Å²) in [6, 6.07) is 11.9. The zero-order valence-corrected chi connectivity index (χ0v) is 16.7. The predicted molar refractivity (Wildman–Crippen MR) is 113 cm³/mol. The van der Waals surface area contributed by atoms with Crippen LogP contribution in [-0.2, 0) is 18.3 Å². The first-order valence-electron chi connectivity index (χ1n) is 9.70. The molecule has 0 saturated carbocycles. The third kappa shape index (κ3) is 2.57. The van der Waals surface area contributed by atoms with Gasteiger partial charge in [0.25, 0.3) is 0 Å². The van der Waals surface area contributed by atoms with Gasteiger partial charge in [0.05, 0.1) is 41.7 Å². The van der Waals surface area contributed by atoms with Gasteiger partial charge in [-0.1, -0.05) is 12.1 Å². The first-order valence-corrected chi connectivity index (χ1v) is 9.70. The second kappa shape index (κ2) is 6.55. The fourth-order valence-electron chi connectivity index (χ4n) is 4.21. The van der Waals surface area contributed by atoms with Crippen LogP contribution >= 0.6 is 0 Å². The number of hydrogen-bond donors (Lipinski definition) is 1. The molecule has 29 heavy (non-hydrogen) atoms. The number of nitrogens with one attached hydrogen (secondary N) is 1. The average molecular weight is 390 g/mol. The minimum Gasteiger partial charge on any atom is -0.494 e. The summed E-state index contributed by atoms with van der Waals surface area (Å²) < 4.78 is 15.1. The van der Waals surface area contributed by atoms with Crippen molar-refractivity contribution in [3.63, 3.8) is 0 Å². The van der Waals surface area contributed by atoms with Crippen LogP contribution < -0.4 is 10.1 Å². The van der Waals surface area contributed by atoms with Gasteiger partial charge in [0.1, 0.15) is 11.3 Å². The SMILES string of the molecule is CCOC(=O)c1cc(OC)c2c(c1)nc(-c1cc3cccc4c3n1CCN4)n2C. The maximum Gasteiger partial charge on any atom is 0.338 e. The Kier molecular flexibility index (Phi) is 3.97. The molecule has 0 fully saturated rings. The Labute approximate surface area is 167 Å². The first kappa shape index (κ1) is 17.6. The Morgan fingerprint density at radius 2 is 2.10 bits per heavy atom. The number of carbonyl (C=O) groups excluding carboxylic acids is 1. The summed E-state index contributed by atoms with van der Waals surface area (Å²) in [5.41, 5.74) is 5.38. The van der Waals surface area contributed by atoms with Crippen molar-refractivity contribution in [2.45, 2.75) is 13.5 Å². The van der Waals surface area contributed by atoms with E-state index in [0.717, 1.165) is 35.8 Å². The van der Waals surface area contributed by atoms with Gasteiger partial charge in [-0.2, -0.15) is 0 Å². The van der Waals surface area contributed by atoms with E-state index in [4.69, 9.17) is 14.5 Å². The summed E-state index contributed by atoms with van der Waals surface area (Å²) in [5.74, 6) is 1.06. The first-order chi connectivity index (χ1) is 14.1. The highest BCUT2D eigenvalue weighted by Crippen LogP contribution is 2.37. The van der Waals surface area contributed by atoms with E-state index < -0.39 is 0 Å². The summed E-state index contributed by atoms with van der Waals surface area (Å²) in [6.45, 7) is 3.85. The fourth-order valence-corrected chi connectivity index (χ4v) is 4.21. The average Bonchev–Trinajstić information content (AvgIpc) is 3.27. The number of methoxy groups -OCH3 is 1. The van der Waals surface area contributed by atoms with Crippen molar-refractivity contribution in [1.29, 1.82) is 0 Å². The number of hydrogen-bond acceptors (Lipinski definition) is 5. The van der Waals surface area contributed by atoms with E-state index in [1.54, 1.807) is 26.2 Å². The summed E-state index contributed by atoms with van der Waals surface area (Å²) in [5, 5.41) is 4.64. The van der Waals surface area contributed by atoms with Gasteiger partial charge < -0.3 is 23.9 Å². The molecule has 1 N–H and O–H groups in total. The fraction of sp³-hybridized carbons (Fsp3) is 0.273. The van der Waals surface area contributed by atoms with Crippen LogP contribution in [0.3, 0.4) is 0 Å². The number of aromatic nitrogens is 3. The molecular weight excluding hydrogens is 368 g/mol. The lowest BCUT2D eigenvalue weighted by Gasteiger charge is -2.19. The maximum absolute atomic E-state index is 12.3. The van der Waals surface area contributed by atoms with E-state index in [0.29, 0.717) is 23.4 Å². The van der Waals surface area contributed by atoms with Crippen LogP contribution in [0.5, 0.6) is 5.75 Å². The number of ether oxygens (including phenoxy) is 2. The number of anilines is 1. The lowest BCUT2D eigenvalue weighted by Crippen LogP contribution is -2.17. The number of esters is 1. The quantitative estimate of drug-likeness (QED) is 0.537. The van der Waals surface area contributed by atoms with Gasteiger partial charge in [0, 0.05) is 25.5 Å². The minimum atomic E-state index is -0.376. The Morgan fingerprint density at radius 3 is 2.90 bits per heavy atom. The van der Waals surface area contributed by atoms with E-state index >= 15 is 0 Å². The van der Waals surface area contributed by atoms with Crippen LogP contribution in [0.15, 0.2) is 36.4 Å². The molecule has 0 unspecified atom stereocenters. The number of rotatable bonds is 4. The molecule has 0 radical (unpaired) electrons. The molecule has 7 nitrogen and oxygen atoms in total. The molecule has 0 atom stereocenters. The van der Waals surface area contributed by atoms with Crippen molar-refractivity contribution in [2.75, 3.05) is 25.6 Å². The molecule has 3 heterocycles. The van der Waals surface area contributed by atoms with Gasteiger partial charge >= 0.3 is 5.97 Å². The molecule has 2 aromatic carbocycles.